The van der Waals surface area contributed by atoms with Crippen molar-refractivity contribution in [2.45, 2.75) is 26.2 Å². The molecule has 0 N–H and O–H groups in total. The average Bonchev–Trinajstić information content (AvgIpc) is 2.74. The van der Waals surface area contributed by atoms with Crippen molar-refractivity contribution in [3.8, 4) is 0 Å². The van der Waals surface area contributed by atoms with Gasteiger partial charge in [0.05, 0.1) is 0 Å². The molecule has 0 aliphatic rings. The number of alkyl halides is 1. The van der Waals surface area contributed by atoms with E-state index in [-0.39, 0.29) is 0 Å². The Kier molecular flexibility index (Phi) is 4.15. The van der Waals surface area contributed by atoms with Gasteiger partial charge >= 0.3 is 0 Å². The summed E-state index contributed by atoms with van der Waals surface area (Å²) in [6, 6.07) is 8.32. The van der Waals surface area contributed by atoms with E-state index in [1.807, 2.05) is 6.07 Å². The first kappa shape index (κ1) is 12.1. The van der Waals surface area contributed by atoms with Crippen LogP contribution >= 0.6 is 11.6 Å². The third-order valence-corrected chi connectivity index (χ3v) is 2.75. The molecule has 2 aromatic rings. The fraction of sp³-hybridized carbons (Fsp3) is 0.385. The molecule has 0 aliphatic heterocycles. The molecule has 1 aromatic carbocycles. The van der Waals surface area contributed by atoms with Crippen molar-refractivity contribution in [1.82, 2.24) is 10.1 Å². The monoisotopic (exact) mass is 250 g/mol. The summed E-state index contributed by atoms with van der Waals surface area (Å²) in [5.41, 5.74) is 2.45. The summed E-state index contributed by atoms with van der Waals surface area (Å²) in [4.78, 5) is 4.34. The van der Waals surface area contributed by atoms with E-state index in [0.29, 0.717) is 18.2 Å². The van der Waals surface area contributed by atoms with Gasteiger partial charge in [-0.15, -0.1) is 11.6 Å². The number of hydrogen-bond donors (Lipinski definition) is 0. The lowest BCUT2D eigenvalue weighted by molar-refractivity contribution is 0.373. The molecular weight excluding hydrogens is 236 g/mol. The molecule has 0 radical (unpaired) electrons. The lowest BCUT2D eigenvalue weighted by atomic mass is 10.1. The Morgan fingerprint density at radius 2 is 2.24 bits per heavy atom. The number of nitrogens with zero attached hydrogens (tertiary/aromatic N) is 2. The molecule has 0 aliphatic carbocycles. The van der Waals surface area contributed by atoms with Crippen molar-refractivity contribution in [1.29, 1.82) is 0 Å². The van der Waals surface area contributed by atoms with Gasteiger partial charge in [-0.1, -0.05) is 35.0 Å². The molecule has 1 aromatic heterocycles. The second-order valence-corrected chi connectivity index (χ2v) is 4.44. The molecule has 0 spiro atoms. The molecule has 1 heterocycles. The summed E-state index contributed by atoms with van der Waals surface area (Å²) in [5, 5.41) is 3.96. The van der Waals surface area contributed by atoms with E-state index in [0.717, 1.165) is 18.7 Å². The molecule has 0 unspecified atom stereocenters. The van der Waals surface area contributed by atoms with Gasteiger partial charge in [-0.3, -0.25) is 0 Å². The van der Waals surface area contributed by atoms with Crippen LogP contribution in [0.1, 0.15) is 29.3 Å². The van der Waals surface area contributed by atoms with Gasteiger partial charge in [0.2, 0.25) is 5.89 Å². The van der Waals surface area contributed by atoms with Crippen LogP contribution in [-0.4, -0.2) is 16.0 Å². The van der Waals surface area contributed by atoms with Gasteiger partial charge < -0.3 is 4.52 Å². The zero-order chi connectivity index (χ0) is 12.1. The molecule has 90 valence electrons. The Labute approximate surface area is 106 Å². The van der Waals surface area contributed by atoms with E-state index in [4.69, 9.17) is 16.1 Å². The number of benzene rings is 1. The van der Waals surface area contributed by atoms with Gasteiger partial charge in [-0.2, -0.15) is 4.98 Å². The highest BCUT2D eigenvalue weighted by atomic mass is 35.5. The van der Waals surface area contributed by atoms with Crippen LogP contribution < -0.4 is 0 Å². The first-order chi connectivity index (χ1) is 8.28. The maximum atomic E-state index is 5.62. The summed E-state index contributed by atoms with van der Waals surface area (Å²) in [6.07, 6.45) is 2.34. The van der Waals surface area contributed by atoms with Gasteiger partial charge in [0.15, 0.2) is 5.82 Å². The smallest absolute Gasteiger partial charge is 0.226 e. The van der Waals surface area contributed by atoms with Crippen molar-refractivity contribution in [3.05, 3.63) is 47.1 Å². The van der Waals surface area contributed by atoms with E-state index in [2.05, 4.69) is 35.3 Å². The lowest BCUT2D eigenvalue weighted by Gasteiger charge is -1.97. The van der Waals surface area contributed by atoms with Crippen LogP contribution in [0.15, 0.2) is 28.8 Å². The normalized spacial score (nSPS) is 10.7. The van der Waals surface area contributed by atoms with Crippen LogP contribution in [0.5, 0.6) is 0 Å². The van der Waals surface area contributed by atoms with Crippen molar-refractivity contribution in [3.63, 3.8) is 0 Å². The number of aryl methyl sites for hydroxylation is 2. The third-order valence-electron chi connectivity index (χ3n) is 2.48. The topological polar surface area (TPSA) is 38.9 Å². The van der Waals surface area contributed by atoms with Gasteiger partial charge in [0.25, 0.3) is 0 Å². The molecular formula is C13H15ClN2O. The van der Waals surface area contributed by atoms with Crippen molar-refractivity contribution < 1.29 is 4.52 Å². The molecule has 17 heavy (non-hydrogen) atoms. The number of halogens is 1. The first-order valence-corrected chi connectivity index (χ1v) is 6.24. The third kappa shape index (κ3) is 3.56. The Bertz CT molecular complexity index is 482. The molecule has 0 bridgehead atoms. The molecule has 0 fully saturated rings. The Morgan fingerprint density at radius 1 is 1.35 bits per heavy atom. The molecule has 0 saturated heterocycles. The molecule has 2 rings (SSSR count). The SMILES string of the molecule is Cc1cccc(Cc2noc(CCCCl)n2)c1. The minimum atomic E-state index is 0.621. The highest BCUT2D eigenvalue weighted by Gasteiger charge is 2.06. The predicted molar refractivity (Wildman–Crippen MR) is 67.3 cm³/mol. The lowest BCUT2D eigenvalue weighted by Crippen LogP contribution is -1.92. The summed E-state index contributed by atoms with van der Waals surface area (Å²) in [5.74, 6) is 2.03. The Morgan fingerprint density at radius 3 is 3.00 bits per heavy atom. The summed E-state index contributed by atoms with van der Waals surface area (Å²) in [6.45, 7) is 2.08. The van der Waals surface area contributed by atoms with E-state index in [1.54, 1.807) is 0 Å². The van der Waals surface area contributed by atoms with Crippen LogP contribution in [0.2, 0.25) is 0 Å². The zero-order valence-corrected chi connectivity index (χ0v) is 10.6. The molecule has 0 atom stereocenters. The van der Waals surface area contributed by atoms with Gasteiger partial charge in [-0.05, 0) is 18.9 Å². The Hall–Kier alpha value is -1.35. The highest BCUT2D eigenvalue weighted by molar-refractivity contribution is 6.17. The van der Waals surface area contributed by atoms with E-state index in [9.17, 15) is 0 Å². The second kappa shape index (κ2) is 5.82. The molecule has 0 saturated carbocycles. The minimum absolute atomic E-state index is 0.621. The van der Waals surface area contributed by atoms with Crippen LogP contribution in [0.4, 0.5) is 0 Å². The maximum Gasteiger partial charge on any atom is 0.226 e. The summed E-state index contributed by atoms with van der Waals surface area (Å²) in [7, 11) is 0. The maximum absolute atomic E-state index is 5.62. The van der Waals surface area contributed by atoms with E-state index >= 15 is 0 Å². The highest BCUT2D eigenvalue weighted by Crippen LogP contribution is 2.10. The Balaban J connectivity index is 2.01. The minimum Gasteiger partial charge on any atom is -0.339 e. The van der Waals surface area contributed by atoms with E-state index in [1.165, 1.54) is 11.1 Å². The van der Waals surface area contributed by atoms with Crippen LogP contribution in [0, 0.1) is 6.92 Å². The van der Waals surface area contributed by atoms with Crippen molar-refractivity contribution in [2.75, 3.05) is 5.88 Å². The van der Waals surface area contributed by atoms with Crippen LogP contribution in [0.3, 0.4) is 0 Å². The summed E-state index contributed by atoms with van der Waals surface area (Å²) < 4.78 is 5.15. The van der Waals surface area contributed by atoms with Crippen LogP contribution in [-0.2, 0) is 12.8 Å². The van der Waals surface area contributed by atoms with Gasteiger partial charge in [0, 0.05) is 18.7 Å². The second-order valence-electron chi connectivity index (χ2n) is 4.06. The van der Waals surface area contributed by atoms with Crippen molar-refractivity contribution in [2.24, 2.45) is 0 Å². The summed E-state index contributed by atoms with van der Waals surface area (Å²) >= 11 is 5.62. The number of hydrogen-bond acceptors (Lipinski definition) is 3. The number of aromatic nitrogens is 2. The largest absolute Gasteiger partial charge is 0.339 e. The van der Waals surface area contributed by atoms with Crippen LogP contribution in [0.25, 0.3) is 0 Å². The standard InChI is InChI=1S/C13H15ClN2O/c1-10-4-2-5-11(8-10)9-12-15-13(17-16-12)6-3-7-14/h2,4-5,8H,3,6-7,9H2,1H3. The zero-order valence-electron chi connectivity index (χ0n) is 9.82. The fourth-order valence-electron chi connectivity index (χ4n) is 1.69. The molecule has 0 amide bonds. The van der Waals surface area contributed by atoms with Crippen molar-refractivity contribution >= 4 is 11.6 Å². The molecule has 4 heteroatoms. The number of rotatable bonds is 5. The first-order valence-electron chi connectivity index (χ1n) is 5.71. The van der Waals surface area contributed by atoms with E-state index < -0.39 is 0 Å². The van der Waals surface area contributed by atoms with Gasteiger partial charge in [0.1, 0.15) is 0 Å². The predicted octanol–water partition coefficient (Wildman–Crippen LogP) is 3.14. The quantitative estimate of drug-likeness (QED) is 0.766. The van der Waals surface area contributed by atoms with Gasteiger partial charge in [-0.25, -0.2) is 0 Å². The average molecular weight is 251 g/mol. The fourth-order valence-corrected chi connectivity index (χ4v) is 1.82. The molecule has 3 nitrogen and oxygen atoms in total.